The van der Waals surface area contributed by atoms with E-state index in [-0.39, 0.29) is 5.56 Å². The lowest BCUT2D eigenvalue weighted by Gasteiger charge is -2.13. The number of benzene rings is 2. The standard InChI is InChI=1S/C24H20ClN7O/c25-19-5-1-2-6-20(19)32-22(33)18-14-28-23(30-21(18)31-11-10-27-24(31)32)29-17-8-7-16-13-26-9-3-4-15(16)12-17/h1-2,5-8,10-12,14,26H,3-4,9,13H2,(H,28,29,30). The van der Waals surface area contributed by atoms with E-state index in [9.17, 15) is 4.79 Å². The highest BCUT2D eigenvalue weighted by Crippen LogP contribution is 2.24. The molecule has 0 radical (unpaired) electrons. The fourth-order valence-electron chi connectivity index (χ4n) is 4.32. The Labute approximate surface area is 193 Å². The number of aryl methyl sites for hydroxylation is 1. The maximum absolute atomic E-state index is 13.4. The summed E-state index contributed by atoms with van der Waals surface area (Å²) in [5.41, 5.74) is 4.32. The zero-order valence-corrected chi connectivity index (χ0v) is 18.4. The van der Waals surface area contributed by atoms with Crippen molar-refractivity contribution in [2.45, 2.75) is 19.4 Å². The smallest absolute Gasteiger partial charge is 0.270 e. The van der Waals surface area contributed by atoms with Crippen molar-refractivity contribution in [3.63, 3.8) is 0 Å². The average Bonchev–Trinajstić information content (AvgIpc) is 3.19. The number of imidazole rings is 1. The first kappa shape index (κ1) is 19.9. The summed E-state index contributed by atoms with van der Waals surface area (Å²) in [5, 5.41) is 7.56. The number of anilines is 2. The van der Waals surface area contributed by atoms with E-state index in [0.29, 0.717) is 33.5 Å². The van der Waals surface area contributed by atoms with Crippen LogP contribution in [0.25, 0.3) is 22.5 Å². The predicted octanol–water partition coefficient (Wildman–Crippen LogP) is 3.86. The Morgan fingerprint density at radius 3 is 2.91 bits per heavy atom. The Kier molecular flexibility index (Phi) is 4.82. The second kappa shape index (κ2) is 7.99. The third-order valence-electron chi connectivity index (χ3n) is 5.92. The molecule has 33 heavy (non-hydrogen) atoms. The fraction of sp³-hybridized carbons (Fsp3) is 0.167. The van der Waals surface area contributed by atoms with Gasteiger partial charge in [-0.25, -0.2) is 14.5 Å². The summed E-state index contributed by atoms with van der Waals surface area (Å²) < 4.78 is 3.26. The van der Waals surface area contributed by atoms with Gasteiger partial charge in [0.25, 0.3) is 5.56 Å². The minimum Gasteiger partial charge on any atom is -0.324 e. The first-order chi connectivity index (χ1) is 16.2. The maximum atomic E-state index is 13.4. The molecule has 2 aromatic carbocycles. The molecule has 164 valence electrons. The number of fused-ring (bicyclic) bond motifs is 4. The van der Waals surface area contributed by atoms with Crippen molar-refractivity contribution < 1.29 is 0 Å². The summed E-state index contributed by atoms with van der Waals surface area (Å²) in [6.45, 7) is 1.91. The monoisotopic (exact) mass is 457 g/mol. The Bertz CT molecular complexity index is 1570. The van der Waals surface area contributed by atoms with Gasteiger partial charge in [-0.1, -0.05) is 29.8 Å². The number of nitrogens with zero attached hydrogens (tertiary/aromatic N) is 5. The SMILES string of the molecule is O=c1c2cnc(Nc3ccc4c(c3)CCCNC4)nc2n2ccnc2n1-c1ccccc1Cl. The molecule has 0 spiro atoms. The van der Waals surface area contributed by atoms with Crippen LogP contribution in [0.15, 0.2) is 65.8 Å². The molecule has 0 aliphatic carbocycles. The Hall–Kier alpha value is -3.75. The van der Waals surface area contributed by atoms with Gasteiger partial charge in [0.05, 0.1) is 10.7 Å². The molecule has 4 heterocycles. The molecule has 0 saturated heterocycles. The third-order valence-corrected chi connectivity index (χ3v) is 6.24. The van der Waals surface area contributed by atoms with Crippen LogP contribution >= 0.6 is 11.6 Å². The van der Waals surface area contributed by atoms with Gasteiger partial charge < -0.3 is 10.6 Å². The lowest BCUT2D eigenvalue weighted by atomic mass is 10.0. The molecule has 6 rings (SSSR count). The van der Waals surface area contributed by atoms with Crippen LogP contribution in [-0.4, -0.2) is 30.5 Å². The molecule has 8 nitrogen and oxygen atoms in total. The van der Waals surface area contributed by atoms with E-state index in [4.69, 9.17) is 11.6 Å². The molecule has 0 amide bonds. The highest BCUT2D eigenvalue weighted by atomic mass is 35.5. The number of hydrogen-bond donors (Lipinski definition) is 2. The van der Waals surface area contributed by atoms with Crippen molar-refractivity contribution >= 4 is 40.0 Å². The molecule has 0 fully saturated rings. The van der Waals surface area contributed by atoms with Gasteiger partial charge in [-0.05, 0) is 54.8 Å². The van der Waals surface area contributed by atoms with E-state index in [1.165, 1.54) is 15.7 Å². The number of aromatic nitrogens is 5. The number of halogens is 1. The molecule has 1 aliphatic heterocycles. The molecule has 0 bridgehead atoms. The van der Waals surface area contributed by atoms with E-state index in [0.717, 1.165) is 31.6 Å². The molecule has 0 unspecified atom stereocenters. The zero-order valence-electron chi connectivity index (χ0n) is 17.6. The lowest BCUT2D eigenvalue weighted by Crippen LogP contribution is -2.22. The number of rotatable bonds is 3. The van der Waals surface area contributed by atoms with Crippen LogP contribution in [0.1, 0.15) is 17.5 Å². The molecule has 0 atom stereocenters. The van der Waals surface area contributed by atoms with Crippen LogP contribution in [-0.2, 0) is 13.0 Å². The molecular formula is C24H20ClN7O. The van der Waals surface area contributed by atoms with Gasteiger partial charge in [-0.3, -0.25) is 9.20 Å². The van der Waals surface area contributed by atoms with Crippen molar-refractivity contribution in [3.05, 3.63) is 87.6 Å². The van der Waals surface area contributed by atoms with Crippen molar-refractivity contribution in [1.29, 1.82) is 0 Å². The topological polar surface area (TPSA) is 89.1 Å². The van der Waals surface area contributed by atoms with E-state index in [1.807, 2.05) is 18.2 Å². The Morgan fingerprint density at radius 2 is 2.00 bits per heavy atom. The molecule has 5 aromatic rings. The first-order valence-corrected chi connectivity index (χ1v) is 11.2. The zero-order chi connectivity index (χ0) is 22.4. The first-order valence-electron chi connectivity index (χ1n) is 10.8. The average molecular weight is 458 g/mol. The molecular weight excluding hydrogens is 438 g/mol. The van der Waals surface area contributed by atoms with E-state index >= 15 is 0 Å². The molecule has 0 saturated carbocycles. The van der Waals surface area contributed by atoms with Crippen molar-refractivity contribution in [2.75, 3.05) is 11.9 Å². The van der Waals surface area contributed by atoms with Gasteiger partial charge in [0, 0.05) is 30.8 Å². The van der Waals surface area contributed by atoms with E-state index in [1.54, 1.807) is 35.1 Å². The van der Waals surface area contributed by atoms with E-state index in [2.05, 4.69) is 37.7 Å². The molecule has 2 N–H and O–H groups in total. The highest BCUT2D eigenvalue weighted by molar-refractivity contribution is 6.32. The summed E-state index contributed by atoms with van der Waals surface area (Å²) in [5.74, 6) is 0.849. The predicted molar refractivity (Wildman–Crippen MR) is 129 cm³/mol. The summed E-state index contributed by atoms with van der Waals surface area (Å²) in [6.07, 6.45) is 7.11. The summed E-state index contributed by atoms with van der Waals surface area (Å²) >= 11 is 6.38. The number of hydrogen-bond acceptors (Lipinski definition) is 6. The highest BCUT2D eigenvalue weighted by Gasteiger charge is 2.17. The molecule has 9 heteroatoms. The van der Waals surface area contributed by atoms with E-state index < -0.39 is 0 Å². The lowest BCUT2D eigenvalue weighted by molar-refractivity contribution is 0.681. The largest absolute Gasteiger partial charge is 0.324 e. The van der Waals surface area contributed by atoms with Crippen LogP contribution in [0.3, 0.4) is 0 Å². The van der Waals surface area contributed by atoms with Crippen LogP contribution in [0, 0.1) is 0 Å². The summed E-state index contributed by atoms with van der Waals surface area (Å²) in [4.78, 5) is 26.9. The van der Waals surface area contributed by atoms with Gasteiger partial charge >= 0.3 is 0 Å². The second-order valence-electron chi connectivity index (χ2n) is 8.01. The second-order valence-corrected chi connectivity index (χ2v) is 8.42. The van der Waals surface area contributed by atoms with Gasteiger partial charge in [0.1, 0.15) is 5.39 Å². The summed E-state index contributed by atoms with van der Waals surface area (Å²) in [6, 6.07) is 13.5. The van der Waals surface area contributed by atoms with Gasteiger partial charge in [-0.2, -0.15) is 4.98 Å². The van der Waals surface area contributed by atoms with Crippen LogP contribution in [0.2, 0.25) is 5.02 Å². The number of para-hydroxylation sites is 1. The van der Waals surface area contributed by atoms with Crippen molar-refractivity contribution in [1.82, 2.24) is 29.2 Å². The van der Waals surface area contributed by atoms with Gasteiger partial charge in [0.2, 0.25) is 11.7 Å². The quantitative estimate of drug-likeness (QED) is 0.427. The van der Waals surface area contributed by atoms with Gasteiger partial charge in [0.15, 0.2) is 5.65 Å². The Balaban J connectivity index is 1.46. The van der Waals surface area contributed by atoms with Crippen LogP contribution in [0.5, 0.6) is 0 Å². The number of nitrogens with one attached hydrogen (secondary N) is 2. The Morgan fingerprint density at radius 1 is 1.09 bits per heavy atom. The van der Waals surface area contributed by atoms with Gasteiger partial charge in [-0.15, -0.1) is 0 Å². The van der Waals surface area contributed by atoms with Crippen molar-refractivity contribution in [2.24, 2.45) is 0 Å². The maximum Gasteiger partial charge on any atom is 0.270 e. The fourth-order valence-corrected chi connectivity index (χ4v) is 4.54. The van der Waals surface area contributed by atoms with Crippen molar-refractivity contribution in [3.8, 4) is 5.69 Å². The summed E-state index contributed by atoms with van der Waals surface area (Å²) in [7, 11) is 0. The molecule has 1 aliphatic rings. The van der Waals surface area contributed by atoms with Crippen LogP contribution < -0.4 is 16.2 Å². The normalized spacial score (nSPS) is 13.7. The third kappa shape index (κ3) is 3.44. The minimum atomic E-state index is -0.277. The van der Waals surface area contributed by atoms with Crippen LogP contribution in [0.4, 0.5) is 11.6 Å². The minimum absolute atomic E-state index is 0.277. The molecule has 3 aromatic heterocycles.